The summed E-state index contributed by atoms with van der Waals surface area (Å²) < 4.78 is 6.51. The summed E-state index contributed by atoms with van der Waals surface area (Å²) in [6, 6.07) is 6.68. The van der Waals surface area contributed by atoms with E-state index in [4.69, 9.17) is 10.5 Å². The largest absolute Gasteiger partial charge is 0.490 e. The maximum Gasteiger partial charge on any atom is 0.125 e. The van der Waals surface area contributed by atoms with Crippen molar-refractivity contribution in [2.75, 3.05) is 0 Å². The third kappa shape index (κ3) is 4.23. The number of rotatable bonds is 6. The van der Waals surface area contributed by atoms with Crippen LogP contribution in [0.25, 0.3) is 0 Å². The van der Waals surface area contributed by atoms with Gasteiger partial charge in [0.1, 0.15) is 11.9 Å². The molecule has 0 bridgehead atoms. The lowest BCUT2D eigenvalue weighted by atomic mass is 9.84. The molecule has 1 saturated carbocycles. The molecule has 2 rings (SSSR count). The molecule has 0 aliphatic heterocycles. The molecule has 1 aliphatic rings. The van der Waals surface area contributed by atoms with Crippen LogP contribution < -0.4 is 10.5 Å². The first kappa shape index (κ1) is 16.4. The van der Waals surface area contributed by atoms with Crippen LogP contribution in [0.2, 0.25) is 0 Å². The molecule has 0 aromatic heterocycles. The van der Waals surface area contributed by atoms with Crippen LogP contribution >= 0.6 is 0 Å². The molecule has 0 amide bonds. The zero-order chi connectivity index (χ0) is 15.2. The molecule has 0 saturated heterocycles. The third-order valence-corrected chi connectivity index (χ3v) is 4.93. The Morgan fingerprint density at radius 1 is 1.24 bits per heavy atom. The highest BCUT2D eigenvalue weighted by molar-refractivity contribution is 5.41. The zero-order valence-corrected chi connectivity index (χ0v) is 13.9. The molecule has 0 heterocycles. The van der Waals surface area contributed by atoms with E-state index in [1.54, 1.807) is 0 Å². The summed E-state index contributed by atoms with van der Waals surface area (Å²) in [4.78, 5) is 0. The molecule has 1 aliphatic carbocycles. The lowest BCUT2D eigenvalue weighted by molar-refractivity contribution is 0.0886. The number of nitrogens with two attached hydrogens (primary N) is 1. The molecule has 21 heavy (non-hydrogen) atoms. The molecule has 0 radical (unpaired) electrons. The van der Waals surface area contributed by atoms with Crippen molar-refractivity contribution in [3.63, 3.8) is 0 Å². The lowest BCUT2D eigenvalue weighted by Gasteiger charge is -2.32. The summed E-state index contributed by atoms with van der Waals surface area (Å²) >= 11 is 0. The van der Waals surface area contributed by atoms with Crippen LogP contribution in [-0.4, -0.2) is 12.1 Å². The van der Waals surface area contributed by atoms with E-state index in [-0.39, 0.29) is 6.04 Å². The highest BCUT2D eigenvalue weighted by atomic mass is 16.5. The molecule has 3 unspecified atom stereocenters. The van der Waals surface area contributed by atoms with Gasteiger partial charge in [0.2, 0.25) is 0 Å². The summed E-state index contributed by atoms with van der Waals surface area (Å²) in [5.41, 5.74) is 8.68. The van der Waals surface area contributed by atoms with Gasteiger partial charge in [-0.15, -0.1) is 0 Å². The van der Waals surface area contributed by atoms with Crippen molar-refractivity contribution < 1.29 is 4.74 Å². The molecule has 3 atom stereocenters. The van der Waals surface area contributed by atoms with Crippen molar-refractivity contribution in [2.24, 2.45) is 11.7 Å². The third-order valence-electron chi connectivity index (χ3n) is 4.93. The van der Waals surface area contributed by atoms with Crippen molar-refractivity contribution in [1.29, 1.82) is 0 Å². The first-order chi connectivity index (χ1) is 10.2. The molecule has 2 nitrogen and oxygen atoms in total. The fraction of sp³-hybridized carbons (Fsp3) is 0.684. The Bertz CT molecular complexity index is 443. The SMILES string of the molecule is CCC(N)Cc1cccc(C)c1OC1CCCCC1CC. The number of aryl methyl sites for hydroxylation is 1. The molecule has 2 heteroatoms. The Balaban J connectivity index is 2.17. The molecule has 0 spiro atoms. The first-order valence-electron chi connectivity index (χ1n) is 8.66. The van der Waals surface area contributed by atoms with Crippen LogP contribution in [0.5, 0.6) is 5.75 Å². The minimum absolute atomic E-state index is 0.225. The van der Waals surface area contributed by atoms with Crippen LogP contribution in [-0.2, 0) is 6.42 Å². The van der Waals surface area contributed by atoms with Gasteiger partial charge in [-0.2, -0.15) is 0 Å². The van der Waals surface area contributed by atoms with E-state index in [9.17, 15) is 0 Å². The fourth-order valence-electron chi connectivity index (χ4n) is 3.42. The number of ether oxygens (including phenoxy) is 1. The fourth-order valence-corrected chi connectivity index (χ4v) is 3.42. The number of hydrogen-bond donors (Lipinski definition) is 1. The molecule has 1 aromatic rings. The first-order valence-corrected chi connectivity index (χ1v) is 8.66. The van der Waals surface area contributed by atoms with E-state index in [1.807, 2.05) is 0 Å². The standard InChI is InChI=1S/C19H31NO/c1-4-15-10-6-7-12-18(15)21-19-14(3)9-8-11-16(19)13-17(20)5-2/h8-9,11,15,17-18H,4-7,10,12-13,20H2,1-3H3. The lowest BCUT2D eigenvalue weighted by Crippen LogP contribution is -2.31. The van der Waals surface area contributed by atoms with Gasteiger partial charge in [-0.05, 0) is 62.5 Å². The van der Waals surface area contributed by atoms with E-state index in [2.05, 4.69) is 39.0 Å². The summed E-state index contributed by atoms with van der Waals surface area (Å²) in [6.45, 7) is 6.59. The van der Waals surface area contributed by atoms with Crippen LogP contribution in [0.4, 0.5) is 0 Å². The smallest absolute Gasteiger partial charge is 0.125 e. The average molecular weight is 289 g/mol. The predicted molar refractivity (Wildman–Crippen MR) is 89.8 cm³/mol. The van der Waals surface area contributed by atoms with E-state index in [1.165, 1.54) is 43.2 Å². The van der Waals surface area contributed by atoms with Crippen molar-refractivity contribution in [3.05, 3.63) is 29.3 Å². The van der Waals surface area contributed by atoms with Crippen molar-refractivity contribution >= 4 is 0 Å². The Morgan fingerprint density at radius 2 is 2.00 bits per heavy atom. The van der Waals surface area contributed by atoms with Gasteiger partial charge in [0.05, 0.1) is 0 Å². The summed E-state index contributed by atoms with van der Waals surface area (Å²) in [6.07, 6.45) is 8.71. The maximum absolute atomic E-state index is 6.51. The Hall–Kier alpha value is -1.02. The topological polar surface area (TPSA) is 35.2 Å². The second-order valence-corrected chi connectivity index (χ2v) is 6.54. The van der Waals surface area contributed by atoms with Crippen LogP contribution in [0, 0.1) is 12.8 Å². The van der Waals surface area contributed by atoms with E-state index < -0.39 is 0 Å². The number of benzene rings is 1. The highest BCUT2D eigenvalue weighted by Crippen LogP contribution is 2.33. The van der Waals surface area contributed by atoms with Gasteiger partial charge in [0.25, 0.3) is 0 Å². The molecule has 1 aromatic carbocycles. The predicted octanol–water partition coefficient (Wildman–Crippen LogP) is 4.62. The molecule has 2 N–H and O–H groups in total. The number of hydrogen-bond acceptors (Lipinski definition) is 2. The van der Waals surface area contributed by atoms with Gasteiger partial charge in [0.15, 0.2) is 0 Å². The van der Waals surface area contributed by atoms with E-state index >= 15 is 0 Å². The van der Waals surface area contributed by atoms with E-state index in [0.29, 0.717) is 12.0 Å². The van der Waals surface area contributed by atoms with Gasteiger partial charge in [-0.1, -0.05) is 38.5 Å². The van der Waals surface area contributed by atoms with Gasteiger partial charge < -0.3 is 10.5 Å². The summed E-state index contributed by atoms with van der Waals surface area (Å²) in [7, 11) is 0. The van der Waals surface area contributed by atoms with Gasteiger partial charge in [-0.25, -0.2) is 0 Å². The summed E-state index contributed by atoms with van der Waals surface area (Å²) in [5, 5.41) is 0. The second-order valence-electron chi connectivity index (χ2n) is 6.54. The van der Waals surface area contributed by atoms with Crippen LogP contribution in [0.1, 0.15) is 63.5 Å². The Labute approximate surface area is 130 Å². The molecular formula is C19H31NO. The maximum atomic E-state index is 6.51. The van der Waals surface area contributed by atoms with Gasteiger partial charge in [-0.3, -0.25) is 0 Å². The van der Waals surface area contributed by atoms with Gasteiger partial charge in [0, 0.05) is 6.04 Å². The normalized spacial score (nSPS) is 23.8. The van der Waals surface area contributed by atoms with E-state index in [0.717, 1.165) is 18.6 Å². The molecule has 1 fully saturated rings. The highest BCUT2D eigenvalue weighted by Gasteiger charge is 2.26. The second kappa shape index (κ2) is 7.84. The average Bonchev–Trinajstić information content (AvgIpc) is 2.51. The van der Waals surface area contributed by atoms with Crippen molar-refractivity contribution in [2.45, 2.75) is 77.9 Å². The quantitative estimate of drug-likeness (QED) is 0.829. The number of para-hydroxylation sites is 1. The molecule has 118 valence electrons. The van der Waals surface area contributed by atoms with Crippen molar-refractivity contribution in [3.8, 4) is 5.75 Å². The van der Waals surface area contributed by atoms with Crippen LogP contribution in [0.15, 0.2) is 18.2 Å². The minimum atomic E-state index is 0.225. The Kier molecular flexibility index (Phi) is 6.10. The van der Waals surface area contributed by atoms with Crippen molar-refractivity contribution in [1.82, 2.24) is 0 Å². The monoisotopic (exact) mass is 289 g/mol. The zero-order valence-electron chi connectivity index (χ0n) is 13.9. The van der Waals surface area contributed by atoms with Gasteiger partial charge >= 0.3 is 0 Å². The van der Waals surface area contributed by atoms with Crippen LogP contribution in [0.3, 0.4) is 0 Å². The minimum Gasteiger partial charge on any atom is -0.490 e. The Morgan fingerprint density at radius 3 is 2.71 bits per heavy atom. The summed E-state index contributed by atoms with van der Waals surface area (Å²) in [5.74, 6) is 1.82. The molecular weight excluding hydrogens is 258 g/mol.